The van der Waals surface area contributed by atoms with Gasteiger partial charge in [-0.1, -0.05) is 0 Å². The van der Waals surface area contributed by atoms with E-state index >= 15 is 0 Å². The van der Waals surface area contributed by atoms with Gasteiger partial charge in [0.2, 0.25) is 5.78 Å². The van der Waals surface area contributed by atoms with Crippen molar-refractivity contribution in [2.45, 2.75) is 0 Å². The fourth-order valence-corrected chi connectivity index (χ4v) is 1.52. The van der Waals surface area contributed by atoms with Crippen molar-refractivity contribution in [1.82, 2.24) is 0 Å². The second-order valence-electron chi connectivity index (χ2n) is 3.04. The van der Waals surface area contributed by atoms with Gasteiger partial charge in [0.15, 0.2) is 6.61 Å². The zero-order chi connectivity index (χ0) is 11.0. The van der Waals surface area contributed by atoms with E-state index in [9.17, 15) is 9.59 Å². The van der Waals surface area contributed by atoms with E-state index in [1.807, 2.05) is 0 Å². The zero-order valence-electron chi connectivity index (χ0n) is 7.94. The minimum atomic E-state index is -1.17. The van der Waals surface area contributed by atoms with E-state index in [-0.39, 0.29) is 29.5 Å². The molecule has 1 aromatic rings. The zero-order valence-corrected chi connectivity index (χ0v) is 7.94. The van der Waals surface area contributed by atoms with Crippen LogP contribution in [0.2, 0.25) is 0 Å². The summed E-state index contributed by atoms with van der Waals surface area (Å²) in [6, 6.07) is 2.96. The number of rotatable bonds is 2. The molecule has 5 nitrogen and oxygen atoms in total. The highest BCUT2D eigenvalue weighted by molar-refractivity contribution is 6.07. The predicted molar refractivity (Wildman–Crippen MR) is 49.8 cm³/mol. The van der Waals surface area contributed by atoms with Gasteiger partial charge in [-0.25, -0.2) is 4.79 Å². The first kappa shape index (κ1) is 9.51. The average Bonchev–Trinajstić information content (AvgIpc) is 2.58. The Labute approximate surface area is 85.2 Å². The first-order valence-electron chi connectivity index (χ1n) is 4.25. The highest BCUT2D eigenvalue weighted by Gasteiger charge is 2.29. The lowest BCUT2D eigenvalue weighted by Gasteiger charge is -2.07. The highest BCUT2D eigenvalue weighted by Crippen LogP contribution is 2.35. The Morgan fingerprint density at radius 2 is 2.27 bits per heavy atom. The van der Waals surface area contributed by atoms with Gasteiger partial charge in [0, 0.05) is 0 Å². The molecule has 1 aliphatic rings. The second-order valence-corrected chi connectivity index (χ2v) is 3.04. The van der Waals surface area contributed by atoms with Gasteiger partial charge >= 0.3 is 5.97 Å². The number of Topliss-reactive ketones (excluding diaryl/α,β-unsaturated/α-hetero) is 1. The number of carboxylic acids is 1. The normalized spacial score (nSPS) is 13.3. The number of aromatic carboxylic acids is 1. The maximum absolute atomic E-state index is 11.3. The quantitative estimate of drug-likeness (QED) is 0.783. The van der Waals surface area contributed by atoms with Crippen LogP contribution in [0.5, 0.6) is 11.5 Å². The summed E-state index contributed by atoms with van der Waals surface area (Å²) in [5.74, 6) is -1.09. The van der Waals surface area contributed by atoms with Crippen LogP contribution in [-0.4, -0.2) is 30.6 Å². The molecule has 78 valence electrons. The molecule has 0 saturated heterocycles. The lowest BCUT2D eigenvalue weighted by molar-refractivity contribution is 0.0688. The molecule has 0 amide bonds. The van der Waals surface area contributed by atoms with Gasteiger partial charge in [0.05, 0.1) is 12.7 Å². The van der Waals surface area contributed by atoms with Crippen molar-refractivity contribution >= 4 is 11.8 Å². The van der Waals surface area contributed by atoms with E-state index in [0.29, 0.717) is 5.56 Å². The van der Waals surface area contributed by atoms with Crippen LogP contribution in [0.15, 0.2) is 12.1 Å². The molecule has 15 heavy (non-hydrogen) atoms. The Morgan fingerprint density at radius 1 is 1.53 bits per heavy atom. The molecule has 0 aliphatic carbocycles. The Morgan fingerprint density at radius 3 is 2.87 bits per heavy atom. The monoisotopic (exact) mass is 208 g/mol. The minimum Gasteiger partial charge on any atom is -0.496 e. The Hall–Kier alpha value is -2.04. The first-order chi connectivity index (χ1) is 7.15. The molecule has 0 atom stereocenters. The molecule has 0 aromatic heterocycles. The summed E-state index contributed by atoms with van der Waals surface area (Å²) in [6.07, 6.45) is 0. The van der Waals surface area contributed by atoms with E-state index in [1.165, 1.54) is 19.2 Å². The SMILES string of the molecule is COc1ccc2c(c1C(=O)O)OCC2=O. The molecule has 0 saturated carbocycles. The number of methoxy groups -OCH3 is 1. The van der Waals surface area contributed by atoms with E-state index in [0.717, 1.165) is 0 Å². The molecule has 5 heteroatoms. The average molecular weight is 208 g/mol. The Balaban J connectivity index is 2.68. The molecular weight excluding hydrogens is 200 g/mol. The van der Waals surface area contributed by atoms with Crippen LogP contribution < -0.4 is 9.47 Å². The van der Waals surface area contributed by atoms with Crippen molar-refractivity contribution in [2.75, 3.05) is 13.7 Å². The van der Waals surface area contributed by atoms with Crippen LogP contribution in [0.25, 0.3) is 0 Å². The van der Waals surface area contributed by atoms with Gasteiger partial charge in [0.25, 0.3) is 0 Å². The lowest BCUT2D eigenvalue weighted by Crippen LogP contribution is -2.03. The molecule has 0 bridgehead atoms. The van der Waals surface area contributed by atoms with Crippen molar-refractivity contribution in [2.24, 2.45) is 0 Å². The van der Waals surface area contributed by atoms with Gasteiger partial charge in [-0.15, -0.1) is 0 Å². The smallest absolute Gasteiger partial charge is 0.343 e. The van der Waals surface area contributed by atoms with Crippen molar-refractivity contribution in [1.29, 1.82) is 0 Å². The van der Waals surface area contributed by atoms with Crippen LogP contribution in [-0.2, 0) is 0 Å². The van der Waals surface area contributed by atoms with Gasteiger partial charge in [-0.3, -0.25) is 4.79 Å². The van der Waals surface area contributed by atoms with Gasteiger partial charge in [-0.05, 0) is 12.1 Å². The predicted octanol–water partition coefficient (Wildman–Crippen LogP) is 0.968. The largest absolute Gasteiger partial charge is 0.496 e. The summed E-state index contributed by atoms with van der Waals surface area (Å²) < 4.78 is 9.93. The number of carboxylic acid groups (broad SMARTS) is 1. The molecule has 1 heterocycles. The van der Waals surface area contributed by atoms with Gasteiger partial charge in [0.1, 0.15) is 17.1 Å². The lowest BCUT2D eigenvalue weighted by atomic mass is 10.1. The van der Waals surface area contributed by atoms with E-state index in [1.54, 1.807) is 0 Å². The number of ketones is 1. The van der Waals surface area contributed by atoms with Crippen molar-refractivity contribution in [3.8, 4) is 11.5 Å². The third-order valence-electron chi connectivity index (χ3n) is 2.20. The summed E-state index contributed by atoms with van der Waals surface area (Å²) in [5, 5.41) is 8.98. The Bertz CT molecular complexity index is 449. The summed E-state index contributed by atoms with van der Waals surface area (Å²) in [4.78, 5) is 22.3. The summed E-state index contributed by atoms with van der Waals surface area (Å²) in [7, 11) is 1.37. The van der Waals surface area contributed by atoms with Crippen LogP contribution in [0.3, 0.4) is 0 Å². The van der Waals surface area contributed by atoms with Crippen molar-refractivity contribution in [3.63, 3.8) is 0 Å². The number of benzene rings is 1. The van der Waals surface area contributed by atoms with Crippen LogP contribution in [0.1, 0.15) is 20.7 Å². The number of hydrogen-bond acceptors (Lipinski definition) is 4. The molecule has 2 rings (SSSR count). The van der Waals surface area contributed by atoms with E-state index in [2.05, 4.69) is 0 Å². The highest BCUT2D eigenvalue weighted by atomic mass is 16.5. The number of carbonyl (C=O) groups excluding carboxylic acids is 1. The third kappa shape index (κ3) is 1.32. The maximum Gasteiger partial charge on any atom is 0.343 e. The van der Waals surface area contributed by atoms with Crippen LogP contribution >= 0.6 is 0 Å². The number of hydrogen-bond donors (Lipinski definition) is 1. The number of fused-ring (bicyclic) bond motifs is 1. The summed E-state index contributed by atoms with van der Waals surface area (Å²) in [5.41, 5.74) is 0.203. The molecular formula is C10H8O5. The van der Waals surface area contributed by atoms with Gasteiger partial charge < -0.3 is 14.6 Å². The number of carbonyl (C=O) groups is 2. The molecule has 0 fully saturated rings. The van der Waals surface area contributed by atoms with E-state index < -0.39 is 5.97 Å². The van der Waals surface area contributed by atoms with Crippen LogP contribution in [0, 0.1) is 0 Å². The fourth-order valence-electron chi connectivity index (χ4n) is 1.52. The van der Waals surface area contributed by atoms with Crippen molar-refractivity contribution < 1.29 is 24.2 Å². The van der Waals surface area contributed by atoms with E-state index in [4.69, 9.17) is 14.6 Å². The van der Waals surface area contributed by atoms with Crippen molar-refractivity contribution in [3.05, 3.63) is 23.3 Å². The standard InChI is InChI=1S/C10H8O5/c1-14-7-3-2-5-6(11)4-15-9(5)8(7)10(12)13/h2-3H,4H2,1H3,(H,12,13). The number of ether oxygens (including phenoxy) is 2. The van der Waals surface area contributed by atoms with Crippen LogP contribution in [0.4, 0.5) is 0 Å². The minimum absolute atomic E-state index is 0.0964. The molecule has 0 radical (unpaired) electrons. The third-order valence-corrected chi connectivity index (χ3v) is 2.20. The summed E-state index contributed by atoms with van der Waals surface area (Å²) in [6.45, 7) is -0.108. The Kier molecular flexibility index (Phi) is 2.07. The fraction of sp³-hybridized carbons (Fsp3) is 0.200. The first-order valence-corrected chi connectivity index (χ1v) is 4.25. The maximum atomic E-state index is 11.3. The molecule has 1 N–H and O–H groups in total. The summed E-state index contributed by atoms with van der Waals surface area (Å²) >= 11 is 0. The van der Waals surface area contributed by atoms with Gasteiger partial charge in [-0.2, -0.15) is 0 Å². The second kappa shape index (κ2) is 3.27. The topological polar surface area (TPSA) is 72.8 Å². The molecule has 1 aliphatic heterocycles. The molecule has 0 unspecified atom stereocenters. The molecule has 1 aromatic carbocycles. The molecule has 0 spiro atoms.